The van der Waals surface area contributed by atoms with Crippen molar-refractivity contribution in [2.75, 3.05) is 26.2 Å². The lowest BCUT2D eigenvalue weighted by Gasteiger charge is -2.32. The van der Waals surface area contributed by atoms with Gasteiger partial charge in [0.25, 0.3) is 0 Å². The van der Waals surface area contributed by atoms with Gasteiger partial charge in [0.1, 0.15) is 0 Å². The fraction of sp³-hybridized carbons (Fsp3) is 0.923. The summed E-state index contributed by atoms with van der Waals surface area (Å²) in [7, 11) is 0. The molecule has 2 saturated heterocycles. The molecule has 0 aliphatic carbocycles. The first-order valence-electron chi connectivity index (χ1n) is 6.94. The molecule has 2 unspecified atom stereocenters. The third-order valence-corrected chi connectivity index (χ3v) is 3.92. The second kappa shape index (κ2) is 5.83. The number of hydrogen-bond donors (Lipinski definition) is 1. The zero-order valence-corrected chi connectivity index (χ0v) is 10.9. The predicted molar refractivity (Wildman–Crippen MR) is 68.7 cm³/mol. The van der Waals surface area contributed by atoms with Crippen molar-refractivity contribution in [1.82, 2.24) is 9.80 Å². The lowest BCUT2D eigenvalue weighted by Crippen LogP contribution is -2.42. The standard InChI is InChI=1S/C13H25N3O/c1-11(14)9-13(17)16-8-5-12(10-16)15-6-3-2-4-7-15/h11-12H,2-10,14H2,1H3. The fourth-order valence-electron chi connectivity index (χ4n) is 2.95. The predicted octanol–water partition coefficient (Wildman–Crippen LogP) is 0.811. The van der Waals surface area contributed by atoms with Crippen LogP contribution in [0.2, 0.25) is 0 Å². The molecule has 4 nitrogen and oxygen atoms in total. The van der Waals surface area contributed by atoms with E-state index >= 15 is 0 Å². The molecular weight excluding hydrogens is 214 g/mol. The number of hydrogen-bond acceptors (Lipinski definition) is 3. The maximum atomic E-state index is 11.9. The Morgan fingerprint density at radius 1 is 1.29 bits per heavy atom. The molecule has 0 aromatic heterocycles. The van der Waals surface area contributed by atoms with Crippen LogP contribution in [-0.4, -0.2) is 54.0 Å². The minimum Gasteiger partial charge on any atom is -0.341 e. The zero-order valence-electron chi connectivity index (χ0n) is 10.9. The van der Waals surface area contributed by atoms with Gasteiger partial charge in [-0.25, -0.2) is 0 Å². The molecule has 2 N–H and O–H groups in total. The fourth-order valence-corrected chi connectivity index (χ4v) is 2.95. The third-order valence-electron chi connectivity index (χ3n) is 3.92. The molecule has 17 heavy (non-hydrogen) atoms. The zero-order chi connectivity index (χ0) is 12.3. The summed E-state index contributed by atoms with van der Waals surface area (Å²) in [5.41, 5.74) is 5.68. The summed E-state index contributed by atoms with van der Waals surface area (Å²) in [4.78, 5) is 16.5. The quantitative estimate of drug-likeness (QED) is 0.793. The molecule has 4 heteroatoms. The molecule has 0 saturated carbocycles. The molecule has 0 radical (unpaired) electrons. The number of likely N-dealkylation sites (tertiary alicyclic amines) is 2. The van der Waals surface area contributed by atoms with E-state index in [4.69, 9.17) is 5.73 Å². The van der Waals surface area contributed by atoms with Crippen molar-refractivity contribution in [3.8, 4) is 0 Å². The second-order valence-electron chi connectivity index (χ2n) is 5.56. The highest BCUT2D eigenvalue weighted by Crippen LogP contribution is 2.20. The Hall–Kier alpha value is -0.610. The van der Waals surface area contributed by atoms with E-state index in [-0.39, 0.29) is 11.9 Å². The second-order valence-corrected chi connectivity index (χ2v) is 5.56. The van der Waals surface area contributed by atoms with E-state index in [0.717, 1.165) is 19.5 Å². The van der Waals surface area contributed by atoms with Crippen molar-refractivity contribution in [3.63, 3.8) is 0 Å². The summed E-state index contributed by atoms with van der Waals surface area (Å²) in [6.45, 7) is 6.19. The number of carbonyl (C=O) groups excluding carboxylic acids is 1. The van der Waals surface area contributed by atoms with Crippen molar-refractivity contribution in [2.24, 2.45) is 5.73 Å². The molecule has 2 heterocycles. The molecular formula is C13H25N3O. The number of piperidine rings is 1. The third kappa shape index (κ3) is 3.42. The van der Waals surface area contributed by atoms with Crippen LogP contribution in [0.4, 0.5) is 0 Å². The highest BCUT2D eigenvalue weighted by atomic mass is 16.2. The Balaban J connectivity index is 1.80. The summed E-state index contributed by atoms with van der Waals surface area (Å²) in [5.74, 6) is 0.236. The Bertz CT molecular complexity index is 261. The van der Waals surface area contributed by atoms with Gasteiger partial charge in [0.05, 0.1) is 0 Å². The molecule has 2 atom stereocenters. The van der Waals surface area contributed by atoms with Gasteiger partial charge in [-0.1, -0.05) is 6.42 Å². The number of nitrogens with zero attached hydrogens (tertiary/aromatic N) is 2. The Kier molecular flexibility index (Phi) is 4.40. The van der Waals surface area contributed by atoms with Gasteiger partial charge >= 0.3 is 0 Å². The minimum atomic E-state index is -0.0171. The molecule has 2 aliphatic heterocycles. The molecule has 0 aromatic carbocycles. The van der Waals surface area contributed by atoms with E-state index in [2.05, 4.69) is 4.90 Å². The highest BCUT2D eigenvalue weighted by molar-refractivity contribution is 5.77. The van der Waals surface area contributed by atoms with Crippen LogP contribution in [0, 0.1) is 0 Å². The average molecular weight is 239 g/mol. The summed E-state index contributed by atoms with van der Waals surface area (Å²) < 4.78 is 0. The van der Waals surface area contributed by atoms with Crippen molar-refractivity contribution < 1.29 is 4.79 Å². The summed E-state index contributed by atoms with van der Waals surface area (Å²) >= 11 is 0. The van der Waals surface area contributed by atoms with Crippen molar-refractivity contribution in [1.29, 1.82) is 0 Å². The first-order chi connectivity index (χ1) is 8.16. The van der Waals surface area contributed by atoms with Crippen LogP contribution in [0.5, 0.6) is 0 Å². The van der Waals surface area contributed by atoms with E-state index in [0.29, 0.717) is 12.5 Å². The lowest BCUT2D eigenvalue weighted by molar-refractivity contribution is -0.130. The van der Waals surface area contributed by atoms with E-state index in [9.17, 15) is 4.79 Å². The van der Waals surface area contributed by atoms with Crippen LogP contribution < -0.4 is 5.73 Å². The largest absolute Gasteiger partial charge is 0.341 e. The van der Waals surface area contributed by atoms with Crippen LogP contribution in [0.25, 0.3) is 0 Å². The van der Waals surface area contributed by atoms with Crippen molar-refractivity contribution in [3.05, 3.63) is 0 Å². The van der Waals surface area contributed by atoms with E-state index < -0.39 is 0 Å². The van der Waals surface area contributed by atoms with Gasteiger partial charge in [-0.05, 0) is 39.3 Å². The summed E-state index contributed by atoms with van der Waals surface area (Å²) in [6.07, 6.45) is 5.66. The molecule has 0 spiro atoms. The molecule has 1 amide bonds. The summed E-state index contributed by atoms with van der Waals surface area (Å²) in [6, 6.07) is 0.587. The number of nitrogens with two attached hydrogens (primary N) is 1. The van der Waals surface area contributed by atoms with Gasteiger partial charge in [-0.2, -0.15) is 0 Å². The van der Waals surface area contributed by atoms with E-state index in [1.165, 1.54) is 32.4 Å². The van der Waals surface area contributed by atoms with E-state index in [1.807, 2.05) is 11.8 Å². The monoisotopic (exact) mass is 239 g/mol. The Morgan fingerprint density at radius 3 is 2.65 bits per heavy atom. The van der Waals surface area contributed by atoms with Crippen LogP contribution >= 0.6 is 0 Å². The molecule has 2 fully saturated rings. The van der Waals surface area contributed by atoms with Gasteiger partial charge in [-0.15, -0.1) is 0 Å². The Morgan fingerprint density at radius 2 is 2.00 bits per heavy atom. The first-order valence-corrected chi connectivity index (χ1v) is 6.94. The van der Waals surface area contributed by atoms with E-state index in [1.54, 1.807) is 0 Å². The van der Waals surface area contributed by atoms with Crippen LogP contribution in [-0.2, 0) is 4.79 Å². The van der Waals surface area contributed by atoms with Crippen LogP contribution in [0.15, 0.2) is 0 Å². The number of rotatable bonds is 3. The SMILES string of the molecule is CC(N)CC(=O)N1CCC(N2CCCCC2)C1. The Labute approximate surface area is 104 Å². The molecule has 2 rings (SSSR count). The van der Waals surface area contributed by atoms with Gasteiger partial charge < -0.3 is 10.6 Å². The van der Waals surface area contributed by atoms with Gasteiger partial charge in [0, 0.05) is 31.6 Å². The highest BCUT2D eigenvalue weighted by Gasteiger charge is 2.30. The molecule has 2 aliphatic rings. The number of amides is 1. The average Bonchev–Trinajstić information content (AvgIpc) is 2.78. The molecule has 98 valence electrons. The van der Waals surface area contributed by atoms with Crippen molar-refractivity contribution >= 4 is 5.91 Å². The maximum Gasteiger partial charge on any atom is 0.224 e. The lowest BCUT2D eigenvalue weighted by atomic mass is 10.1. The smallest absolute Gasteiger partial charge is 0.224 e. The van der Waals surface area contributed by atoms with Gasteiger partial charge in [0.2, 0.25) is 5.91 Å². The van der Waals surface area contributed by atoms with Crippen LogP contribution in [0.3, 0.4) is 0 Å². The topological polar surface area (TPSA) is 49.6 Å². The van der Waals surface area contributed by atoms with Gasteiger partial charge in [-0.3, -0.25) is 9.69 Å². The molecule has 0 bridgehead atoms. The number of carbonyl (C=O) groups is 1. The summed E-state index contributed by atoms with van der Waals surface area (Å²) in [5, 5.41) is 0. The maximum absolute atomic E-state index is 11.9. The molecule has 0 aromatic rings. The minimum absolute atomic E-state index is 0.0171. The van der Waals surface area contributed by atoms with Crippen molar-refractivity contribution in [2.45, 2.75) is 51.1 Å². The van der Waals surface area contributed by atoms with Crippen LogP contribution in [0.1, 0.15) is 39.0 Å². The van der Waals surface area contributed by atoms with Gasteiger partial charge in [0.15, 0.2) is 0 Å². The normalized spacial score (nSPS) is 28.4. The first kappa shape index (κ1) is 12.8.